The maximum absolute atomic E-state index is 12.0. The van der Waals surface area contributed by atoms with Crippen LogP contribution in [0.4, 0.5) is 0 Å². The molecule has 2 atom stereocenters. The molecule has 0 aliphatic carbocycles. The van der Waals surface area contributed by atoms with Gasteiger partial charge in [-0.25, -0.2) is 4.98 Å². The fraction of sp³-hybridized carbons (Fsp3) is 0.500. The summed E-state index contributed by atoms with van der Waals surface area (Å²) in [4.78, 5) is 16.3. The number of amides is 1. The van der Waals surface area contributed by atoms with Crippen molar-refractivity contribution in [2.24, 2.45) is 11.8 Å². The van der Waals surface area contributed by atoms with Crippen LogP contribution in [0, 0.1) is 11.8 Å². The topological polar surface area (TPSA) is 42.0 Å². The molecule has 0 aliphatic rings. The van der Waals surface area contributed by atoms with Gasteiger partial charge in [-0.3, -0.25) is 4.79 Å². The third-order valence-corrected chi connectivity index (χ3v) is 5.20. The molecule has 1 rings (SSSR count). The van der Waals surface area contributed by atoms with Gasteiger partial charge in [0, 0.05) is 23.6 Å². The Morgan fingerprint density at radius 2 is 2.04 bits per heavy atom. The van der Waals surface area contributed by atoms with Crippen LogP contribution in [0.3, 0.4) is 0 Å². The number of thiazole rings is 1. The van der Waals surface area contributed by atoms with Gasteiger partial charge in [0.2, 0.25) is 5.91 Å². The van der Waals surface area contributed by atoms with Gasteiger partial charge in [-0.2, -0.15) is 0 Å². The number of carbonyl (C=O) groups excluding carboxylic acids is 1. The summed E-state index contributed by atoms with van der Waals surface area (Å²) in [6.45, 7) is 5.96. The summed E-state index contributed by atoms with van der Waals surface area (Å²) in [5, 5.41) is 5.78. The zero-order valence-electron chi connectivity index (χ0n) is 13.3. The van der Waals surface area contributed by atoms with Crippen LogP contribution < -0.4 is 5.32 Å². The number of nitrogens with zero attached hydrogens (tertiary/aromatic N) is 1. The standard InChI is InChI=1S/C16H21Cl3N2OS/c1-11(2)14(15-20-9-10-23-15)21-13(22)8-6-4-5-7-12(3)16(17,18)19/h4-6,8-12,14H,7H2,1-3H3,(H,21,22)/b5-4+,8-6+/t12-,14+/m0/s1. The minimum Gasteiger partial charge on any atom is -0.343 e. The lowest BCUT2D eigenvalue weighted by atomic mass is 10.1. The Morgan fingerprint density at radius 3 is 2.57 bits per heavy atom. The molecule has 0 fully saturated rings. The molecule has 7 heteroatoms. The van der Waals surface area contributed by atoms with Gasteiger partial charge in [-0.1, -0.05) is 73.8 Å². The van der Waals surface area contributed by atoms with E-state index < -0.39 is 3.79 Å². The van der Waals surface area contributed by atoms with Crippen molar-refractivity contribution in [3.8, 4) is 0 Å². The van der Waals surface area contributed by atoms with Crippen molar-refractivity contribution in [1.82, 2.24) is 10.3 Å². The van der Waals surface area contributed by atoms with Crippen LogP contribution in [0.2, 0.25) is 0 Å². The summed E-state index contributed by atoms with van der Waals surface area (Å²) in [7, 11) is 0. The lowest BCUT2D eigenvalue weighted by molar-refractivity contribution is -0.117. The minimum absolute atomic E-state index is 0.0829. The Labute approximate surface area is 156 Å². The van der Waals surface area contributed by atoms with Crippen LogP contribution >= 0.6 is 46.1 Å². The molecule has 1 N–H and O–H groups in total. The predicted molar refractivity (Wildman–Crippen MR) is 100 cm³/mol. The molecular formula is C16H21Cl3N2OS. The number of halogens is 3. The van der Waals surface area contributed by atoms with Crippen LogP contribution in [0.5, 0.6) is 0 Å². The predicted octanol–water partition coefficient (Wildman–Crippen LogP) is 5.47. The fourth-order valence-electron chi connectivity index (χ4n) is 1.74. The lowest BCUT2D eigenvalue weighted by Gasteiger charge is -2.19. The molecule has 128 valence electrons. The fourth-order valence-corrected chi connectivity index (χ4v) is 2.87. The van der Waals surface area contributed by atoms with E-state index in [4.69, 9.17) is 34.8 Å². The number of hydrogen-bond donors (Lipinski definition) is 1. The van der Waals surface area contributed by atoms with Crippen molar-refractivity contribution >= 4 is 52.0 Å². The van der Waals surface area contributed by atoms with Gasteiger partial charge >= 0.3 is 0 Å². The molecule has 0 spiro atoms. The molecule has 0 radical (unpaired) electrons. The molecule has 1 heterocycles. The summed E-state index contributed by atoms with van der Waals surface area (Å²) in [5.41, 5.74) is 0. The molecule has 0 saturated carbocycles. The molecule has 1 amide bonds. The van der Waals surface area contributed by atoms with E-state index in [1.807, 2.05) is 32.2 Å². The van der Waals surface area contributed by atoms with Crippen LogP contribution in [0.25, 0.3) is 0 Å². The summed E-state index contributed by atoms with van der Waals surface area (Å²) in [6.07, 6.45) is 9.18. The molecule has 23 heavy (non-hydrogen) atoms. The Hall–Kier alpha value is -0.550. The zero-order chi connectivity index (χ0) is 17.5. The highest BCUT2D eigenvalue weighted by Gasteiger charge is 2.27. The van der Waals surface area contributed by atoms with Crippen LogP contribution in [0.15, 0.2) is 35.9 Å². The van der Waals surface area contributed by atoms with Gasteiger partial charge < -0.3 is 5.32 Å². The van der Waals surface area contributed by atoms with Crippen molar-refractivity contribution in [2.75, 3.05) is 0 Å². The van der Waals surface area contributed by atoms with Crippen LogP contribution in [-0.2, 0) is 4.79 Å². The number of aromatic nitrogens is 1. The van der Waals surface area contributed by atoms with E-state index in [1.165, 1.54) is 17.4 Å². The number of hydrogen-bond acceptors (Lipinski definition) is 3. The van der Waals surface area contributed by atoms with E-state index in [1.54, 1.807) is 18.3 Å². The van der Waals surface area contributed by atoms with E-state index >= 15 is 0 Å². The first-order valence-corrected chi connectivity index (χ1v) is 9.33. The monoisotopic (exact) mass is 394 g/mol. The van der Waals surface area contributed by atoms with Gasteiger partial charge in [0.1, 0.15) is 5.01 Å². The maximum atomic E-state index is 12.0. The van der Waals surface area contributed by atoms with Gasteiger partial charge in [0.25, 0.3) is 0 Å². The Kier molecular flexibility index (Phi) is 8.62. The molecular weight excluding hydrogens is 375 g/mol. The Bertz CT molecular complexity index is 536. The van der Waals surface area contributed by atoms with Crippen molar-refractivity contribution in [2.45, 2.75) is 37.0 Å². The average Bonchev–Trinajstić information content (AvgIpc) is 2.96. The van der Waals surface area contributed by atoms with Gasteiger partial charge in [-0.15, -0.1) is 11.3 Å². The van der Waals surface area contributed by atoms with Crippen molar-refractivity contribution in [3.05, 3.63) is 40.9 Å². The molecule has 0 aromatic carbocycles. The normalized spacial score (nSPS) is 15.4. The lowest BCUT2D eigenvalue weighted by Crippen LogP contribution is -2.30. The van der Waals surface area contributed by atoms with Crippen molar-refractivity contribution in [3.63, 3.8) is 0 Å². The van der Waals surface area contributed by atoms with Crippen LogP contribution in [-0.4, -0.2) is 14.7 Å². The first kappa shape index (κ1) is 20.5. The summed E-state index contributed by atoms with van der Waals surface area (Å²) < 4.78 is -1.27. The molecule has 3 nitrogen and oxygen atoms in total. The van der Waals surface area contributed by atoms with E-state index in [2.05, 4.69) is 10.3 Å². The van der Waals surface area contributed by atoms with Crippen LogP contribution in [0.1, 0.15) is 38.2 Å². The Morgan fingerprint density at radius 1 is 1.35 bits per heavy atom. The second kappa shape index (κ2) is 9.67. The SMILES string of the molecule is CC(C)[C@@H](NC(=O)/C=C/C=C/C[C@H](C)C(Cl)(Cl)Cl)c1nccs1. The van der Waals surface area contributed by atoms with Gasteiger partial charge in [0.05, 0.1) is 6.04 Å². The quantitative estimate of drug-likeness (QED) is 0.378. The van der Waals surface area contributed by atoms with E-state index in [9.17, 15) is 4.79 Å². The van der Waals surface area contributed by atoms with Crippen molar-refractivity contribution < 1.29 is 4.79 Å². The second-order valence-corrected chi connectivity index (χ2v) is 8.86. The number of rotatable bonds is 7. The van der Waals surface area contributed by atoms with E-state index in [0.717, 1.165) is 5.01 Å². The summed E-state index contributed by atoms with van der Waals surface area (Å²) in [6, 6.07) is -0.0829. The number of carbonyl (C=O) groups is 1. The molecule has 0 saturated heterocycles. The smallest absolute Gasteiger partial charge is 0.244 e. The molecule has 0 unspecified atom stereocenters. The molecule has 1 aromatic rings. The van der Waals surface area contributed by atoms with E-state index in [0.29, 0.717) is 6.42 Å². The number of alkyl halides is 3. The summed E-state index contributed by atoms with van der Waals surface area (Å²) in [5.74, 6) is 0.0124. The van der Waals surface area contributed by atoms with E-state index in [-0.39, 0.29) is 23.8 Å². The third kappa shape index (κ3) is 7.71. The number of nitrogens with one attached hydrogen (secondary N) is 1. The second-order valence-electron chi connectivity index (χ2n) is 5.57. The largest absolute Gasteiger partial charge is 0.343 e. The first-order valence-electron chi connectivity index (χ1n) is 7.31. The molecule has 1 aromatic heterocycles. The average molecular weight is 396 g/mol. The highest BCUT2D eigenvalue weighted by atomic mass is 35.6. The zero-order valence-corrected chi connectivity index (χ0v) is 16.4. The minimum atomic E-state index is -1.27. The number of allylic oxidation sites excluding steroid dienone is 3. The molecule has 0 bridgehead atoms. The first-order chi connectivity index (χ1) is 10.7. The summed E-state index contributed by atoms with van der Waals surface area (Å²) >= 11 is 18.9. The third-order valence-electron chi connectivity index (χ3n) is 3.23. The molecule has 0 aliphatic heterocycles. The van der Waals surface area contributed by atoms with Crippen molar-refractivity contribution in [1.29, 1.82) is 0 Å². The van der Waals surface area contributed by atoms with Gasteiger partial charge in [0.15, 0.2) is 3.79 Å². The van der Waals surface area contributed by atoms with Gasteiger partial charge in [-0.05, 0) is 12.3 Å². The highest BCUT2D eigenvalue weighted by molar-refractivity contribution is 7.09. The maximum Gasteiger partial charge on any atom is 0.244 e. The Balaban J connectivity index is 2.49. The highest BCUT2D eigenvalue weighted by Crippen LogP contribution is 2.36.